The second kappa shape index (κ2) is 10.1. The van der Waals surface area contributed by atoms with Gasteiger partial charge in [0.15, 0.2) is 0 Å². The number of halogens is 1. The van der Waals surface area contributed by atoms with Crippen molar-refractivity contribution < 1.29 is 17.6 Å². The molecule has 0 unspecified atom stereocenters. The zero-order chi connectivity index (χ0) is 26.2. The van der Waals surface area contributed by atoms with Gasteiger partial charge in [0, 0.05) is 44.1 Å². The molecule has 0 aromatic heterocycles. The fourth-order valence-electron chi connectivity index (χ4n) is 5.08. The lowest BCUT2D eigenvalue weighted by Crippen LogP contribution is -2.54. The number of benzene rings is 3. The third kappa shape index (κ3) is 5.06. The van der Waals surface area contributed by atoms with Crippen LogP contribution in [0.5, 0.6) is 0 Å². The Bertz CT molecular complexity index is 1370. The average Bonchev–Trinajstić information content (AvgIpc) is 3.37. The normalized spacial score (nSPS) is 18.9. The van der Waals surface area contributed by atoms with E-state index >= 15 is 0 Å². The summed E-state index contributed by atoms with van der Waals surface area (Å²) in [6, 6.07) is 19.7. The maximum Gasteiger partial charge on any atom is 0.246 e. The summed E-state index contributed by atoms with van der Waals surface area (Å²) in [4.78, 5) is 19.9. The Morgan fingerprint density at radius 2 is 1.57 bits per heavy atom. The summed E-state index contributed by atoms with van der Waals surface area (Å²) in [5.74, 6) is -0.502. The fourth-order valence-corrected chi connectivity index (χ4v) is 6.49. The van der Waals surface area contributed by atoms with Crippen molar-refractivity contribution in [2.24, 2.45) is 0 Å². The van der Waals surface area contributed by atoms with E-state index in [0.29, 0.717) is 31.9 Å². The lowest BCUT2D eigenvalue weighted by Gasteiger charge is -2.39. The van der Waals surface area contributed by atoms with Crippen LogP contribution in [0.3, 0.4) is 0 Å². The first-order valence-corrected chi connectivity index (χ1v) is 13.9. The highest BCUT2D eigenvalue weighted by Crippen LogP contribution is 2.29. The number of hydrogen-bond donors (Lipinski definition) is 0. The van der Waals surface area contributed by atoms with Crippen LogP contribution in [0.1, 0.15) is 11.1 Å². The van der Waals surface area contributed by atoms with Gasteiger partial charge in [-0.3, -0.25) is 4.79 Å². The second-order valence-corrected chi connectivity index (χ2v) is 11.6. The summed E-state index contributed by atoms with van der Waals surface area (Å²) in [7, 11) is -3.80. The molecule has 194 valence electrons. The summed E-state index contributed by atoms with van der Waals surface area (Å²) in [6.07, 6.45) is 0. The minimum Gasteiger partial charge on any atom is -0.368 e. The molecule has 1 amide bonds. The highest BCUT2D eigenvalue weighted by Gasteiger charge is 2.43. The monoisotopic (exact) mass is 522 g/mol. The minimum absolute atomic E-state index is 0.0156. The van der Waals surface area contributed by atoms with Crippen LogP contribution in [0.2, 0.25) is 0 Å². The predicted octanol–water partition coefficient (Wildman–Crippen LogP) is 3.63. The number of sulfonamides is 1. The van der Waals surface area contributed by atoms with E-state index in [1.807, 2.05) is 4.90 Å². The minimum atomic E-state index is -3.80. The molecule has 9 heteroatoms. The Morgan fingerprint density at radius 3 is 2.24 bits per heavy atom. The van der Waals surface area contributed by atoms with E-state index in [1.54, 1.807) is 47.4 Å². The lowest BCUT2D eigenvalue weighted by molar-refractivity contribution is -0.132. The van der Waals surface area contributed by atoms with Crippen LogP contribution in [0, 0.1) is 19.7 Å². The molecule has 5 rings (SSSR count). The zero-order valence-electron chi connectivity index (χ0n) is 21.0. The molecule has 37 heavy (non-hydrogen) atoms. The van der Waals surface area contributed by atoms with Gasteiger partial charge in [-0.25, -0.2) is 12.8 Å². The van der Waals surface area contributed by atoms with E-state index in [9.17, 15) is 17.6 Å². The molecule has 0 spiro atoms. The van der Waals surface area contributed by atoms with E-state index in [-0.39, 0.29) is 29.8 Å². The molecule has 2 aliphatic rings. The number of rotatable bonds is 5. The molecule has 0 saturated carbocycles. The number of amides is 1. The third-order valence-corrected chi connectivity index (χ3v) is 9.00. The van der Waals surface area contributed by atoms with Gasteiger partial charge in [-0.2, -0.15) is 4.31 Å². The first kappa shape index (κ1) is 25.2. The molecule has 0 aliphatic carbocycles. The maximum atomic E-state index is 13.8. The smallest absolute Gasteiger partial charge is 0.246 e. The van der Waals surface area contributed by atoms with Crippen molar-refractivity contribution in [3.05, 3.63) is 89.7 Å². The van der Waals surface area contributed by atoms with Crippen LogP contribution < -0.4 is 9.80 Å². The highest BCUT2D eigenvalue weighted by atomic mass is 32.2. The van der Waals surface area contributed by atoms with Gasteiger partial charge in [0.25, 0.3) is 0 Å². The Balaban J connectivity index is 1.37. The van der Waals surface area contributed by atoms with E-state index in [0.717, 1.165) is 0 Å². The number of aryl methyl sites for hydroxylation is 2. The standard InChI is InChI=1S/C28H31FN4O3S/c1-21-8-9-22(2)26(18-21)30-14-16-31(17-15-30)28(34)27-19-32(37(35,36)25-6-4-3-5-7-25)20-33(27)24-12-10-23(29)11-13-24/h3-13,18,27H,14-17,19-20H2,1-2H3/t27-/m0/s1. The highest BCUT2D eigenvalue weighted by molar-refractivity contribution is 7.89. The fraction of sp³-hybridized carbons (Fsp3) is 0.321. The Labute approximate surface area is 217 Å². The van der Waals surface area contributed by atoms with Gasteiger partial charge in [-0.05, 0) is 67.4 Å². The molecule has 2 saturated heterocycles. The van der Waals surface area contributed by atoms with Crippen LogP contribution >= 0.6 is 0 Å². The van der Waals surface area contributed by atoms with Crippen molar-refractivity contribution in [3.8, 4) is 0 Å². The van der Waals surface area contributed by atoms with Crippen molar-refractivity contribution in [1.82, 2.24) is 9.21 Å². The van der Waals surface area contributed by atoms with Crippen LogP contribution in [0.4, 0.5) is 15.8 Å². The van der Waals surface area contributed by atoms with Crippen LogP contribution in [0.25, 0.3) is 0 Å². The predicted molar refractivity (Wildman–Crippen MR) is 143 cm³/mol. The van der Waals surface area contributed by atoms with Crippen molar-refractivity contribution >= 4 is 27.3 Å². The number of carbonyl (C=O) groups excluding carboxylic acids is 1. The molecule has 7 nitrogen and oxygen atoms in total. The Hall–Kier alpha value is -3.43. The zero-order valence-corrected chi connectivity index (χ0v) is 21.9. The number of hydrogen-bond acceptors (Lipinski definition) is 5. The Morgan fingerprint density at radius 1 is 0.892 bits per heavy atom. The number of nitrogens with zero attached hydrogens (tertiary/aromatic N) is 4. The van der Waals surface area contributed by atoms with Crippen molar-refractivity contribution in [2.45, 2.75) is 24.8 Å². The summed E-state index contributed by atoms with van der Waals surface area (Å²) >= 11 is 0. The summed E-state index contributed by atoms with van der Waals surface area (Å²) in [6.45, 7) is 6.70. The molecule has 0 N–H and O–H groups in total. The summed E-state index contributed by atoms with van der Waals surface area (Å²) in [5.41, 5.74) is 4.19. The van der Waals surface area contributed by atoms with Crippen molar-refractivity contribution in [3.63, 3.8) is 0 Å². The van der Waals surface area contributed by atoms with E-state index in [2.05, 4.69) is 36.9 Å². The van der Waals surface area contributed by atoms with Gasteiger partial charge >= 0.3 is 0 Å². The van der Waals surface area contributed by atoms with Gasteiger partial charge in [-0.15, -0.1) is 0 Å². The summed E-state index contributed by atoms with van der Waals surface area (Å²) < 4.78 is 41.7. The summed E-state index contributed by atoms with van der Waals surface area (Å²) in [5, 5.41) is 0. The maximum absolute atomic E-state index is 13.8. The molecular weight excluding hydrogens is 491 g/mol. The number of carbonyl (C=O) groups is 1. The van der Waals surface area contributed by atoms with E-state index < -0.39 is 16.1 Å². The molecule has 0 bridgehead atoms. The molecule has 2 fully saturated rings. The largest absolute Gasteiger partial charge is 0.368 e. The molecule has 1 atom stereocenters. The Kier molecular flexibility index (Phi) is 6.92. The molecular formula is C28H31FN4O3S. The third-order valence-electron chi connectivity index (χ3n) is 7.18. The van der Waals surface area contributed by atoms with Crippen molar-refractivity contribution in [2.75, 3.05) is 49.2 Å². The first-order valence-electron chi connectivity index (χ1n) is 12.4. The SMILES string of the molecule is Cc1ccc(C)c(N2CCN(C(=O)[C@@H]3CN(S(=O)(=O)c4ccccc4)CN3c3ccc(F)cc3)CC2)c1. The first-order chi connectivity index (χ1) is 17.7. The topological polar surface area (TPSA) is 64.2 Å². The van der Waals surface area contributed by atoms with Crippen LogP contribution in [0.15, 0.2) is 77.7 Å². The molecule has 2 heterocycles. The van der Waals surface area contributed by atoms with E-state index in [4.69, 9.17) is 0 Å². The van der Waals surface area contributed by atoms with Crippen LogP contribution in [-0.2, 0) is 14.8 Å². The number of piperazine rings is 1. The lowest BCUT2D eigenvalue weighted by atomic mass is 10.1. The number of anilines is 2. The van der Waals surface area contributed by atoms with Crippen molar-refractivity contribution in [1.29, 1.82) is 0 Å². The molecule has 3 aromatic carbocycles. The molecule has 2 aliphatic heterocycles. The molecule has 0 radical (unpaired) electrons. The second-order valence-electron chi connectivity index (χ2n) is 9.66. The quantitative estimate of drug-likeness (QED) is 0.512. The molecule has 3 aromatic rings. The van der Waals surface area contributed by atoms with Gasteiger partial charge in [0.2, 0.25) is 15.9 Å². The van der Waals surface area contributed by atoms with Gasteiger partial charge in [-0.1, -0.05) is 30.3 Å². The van der Waals surface area contributed by atoms with Gasteiger partial charge < -0.3 is 14.7 Å². The average molecular weight is 523 g/mol. The van der Waals surface area contributed by atoms with E-state index in [1.165, 1.54) is 33.3 Å². The van der Waals surface area contributed by atoms with Gasteiger partial charge in [0.05, 0.1) is 11.6 Å². The van der Waals surface area contributed by atoms with Gasteiger partial charge in [0.1, 0.15) is 11.9 Å². The van der Waals surface area contributed by atoms with Crippen LogP contribution in [-0.4, -0.2) is 69.0 Å².